The topological polar surface area (TPSA) is 102 Å². The van der Waals surface area contributed by atoms with Crippen LogP contribution in [-0.4, -0.2) is 51.4 Å². The van der Waals surface area contributed by atoms with E-state index in [0.717, 1.165) is 12.8 Å². The van der Waals surface area contributed by atoms with E-state index in [1.54, 1.807) is 49.4 Å². The molecule has 0 saturated carbocycles. The fourth-order valence-electron chi connectivity index (χ4n) is 3.56. The van der Waals surface area contributed by atoms with Gasteiger partial charge in [0.15, 0.2) is 0 Å². The number of esters is 1. The standard InChI is InChI=1S/C23H28N2O6S/c1-3-31-23(27)17-6-9-19(10-7-17)24-22(26)13-8-18-16-20(11-12-21(18)30-2)32(28,29)25-14-4-5-15-25/h6-7,9-12,16H,3-5,8,13-15H2,1-2H3,(H,24,26). The first-order chi connectivity index (χ1) is 15.3. The van der Waals surface area contributed by atoms with Crippen molar-refractivity contribution in [1.29, 1.82) is 0 Å². The van der Waals surface area contributed by atoms with Gasteiger partial charge in [-0.1, -0.05) is 0 Å². The van der Waals surface area contributed by atoms with E-state index in [1.807, 2.05) is 0 Å². The number of nitrogens with one attached hydrogen (secondary N) is 1. The van der Waals surface area contributed by atoms with Gasteiger partial charge in [-0.05, 0) is 74.2 Å². The molecule has 1 N–H and O–H groups in total. The summed E-state index contributed by atoms with van der Waals surface area (Å²) in [5.74, 6) is -0.109. The van der Waals surface area contributed by atoms with Crippen LogP contribution in [0.5, 0.6) is 5.75 Å². The van der Waals surface area contributed by atoms with Crippen LogP contribution in [-0.2, 0) is 26.0 Å². The summed E-state index contributed by atoms with van der Waals surface area (Å²) in [6.07, 6.45) is 2.19. The third-order valence-electron chi connectivity index (χ3n) is 5.26. The molecule has 2 aromatic rings. The molecular weight excluding hydrogens is 432 g/mol. The maximum absolute atomic E-state index is 12.9. The Kier molecular flexibility index (Phi) is 7.87. The van der Waals surface area contributed by atoms with E-state index in [9.17, 15) is 18.0 Å². The molecule has 0 aromatic heterocycles. The van der Waals surface area contributed by atoms with Crippen molar-refractivity contribution in [1.82, 2.24) is 4.31 Å². The number of methoxy groups -OCH3 is 1. The average Bonchev–Trinajstić information content (AvgIpc) is 3.34. The lowest BCUT2D eigenvalue weighted by molar-refractivity contribution is -0.116. The molecule has 172 valence electrons. The normalized spacial score (nSPS) is 14.2. The van der Waals surface area contributed by atoms with E-state index < -0.39 is 16.0 Å². The van der Waals surface area contributed by atoms with Gasteiger partial charge in [0.1, 0.15) is 5.75 Å². The number of rotatable bonds is 9. The zero-order valence-electron chi connectivity index (χ0n) is 18.3. The molecule has 0 radical (unpaired) electrons. The largest absolute Gasteiger partial charge is 0.496 e. The summed E-state index contributed by atoms with van der Waals surface area (Å²) in [7, 11) is -2.04. The molecule has 1 aliphatic rings. The number of carbonyl (C=O) groups excluding carboxylic acids is 2. The first kappa shape index (κ1) is 23.7. The molecule has 32 heavy (non-hydrogen) atoms. The van der Waals surface area contributed by atoms with Crippen molar-refractivity contribution in [2.75, 3.05) is 32.1 Å². The molecule has 1 aliphatic heterocycles. The lowest BCUT2D eigenvalue weighted by Gasteiger charge is -2.17. The summed E-state index contributed by atoms with van der Waals surface area (Å²) in [4.78, 5) is 24.4. The minimum atomic E-state index is -3.55. The zero-order chi connectivity index (χ0) is 23.1. The number of amides is 1. The number of anilines is 1. The Morgan fingerprint density at radius 3 is 2.38 bits per heavy atom. The van der Waals surface area contributed by atoms with Crippen LogP contribution in [0.25, 0.3) is 0 Å². The molecule has 1 saturated heterocycles. The predicted octanol–water partition coefficient (Wildman–Crippen LogP) is 3.23. The van der Waals surface area contributed by atoms with E-state index in [4.69, 9.17) is 9.47 Å². The minimum Gasteiger partial charge on any atom is -0.496 e. The summed E-state index contributed by atoms with van der Waals surface area (Å²) < 4.78 is 37.5. The van der Waals surface area contributed by atoms with Gasteiger partial charge in [-0.15, -0.1) is 0 Å². The molecule has 8 nitrogen and oxygen atoms in total. The molecule has 3 rings (SSSR count). The summed E-state index contributed by atoms with van der Waals surface area (Å²) in [6, 6.07) is 11.2. The van der Waals surface area contributed by atoms with Gasteiger partial charge >= 0.3 is 5.97 Å². The van der Waals surface area contributed by atoms with Crippen molar-refractivity contribution in [3.8, 4) is 5.75 Å². The van der Waals surface area contributed by atoms with Crippen LogP contribution in [0.15, 0.2) is 47.4 Å². The molecule has 0 atom stereocenters. The third-order valence-corrected chi connectivity index (χ3v) is 7.15. The van der Waals surface area contributed by atoms with Crippen LogP contribution in [0.2, 0.25) is 0 Å². The van der Waals surface area contributed by atoms with Crippen LogP contribution in [0.4, 0.5) is 5.69 Å². The van der Waals surface area contributed by atoms with Gasteiger partial charge in [0.05, 0.1) is 24.2 Å². The summed E-state index contributed by atoms with van der Waals surface area (Å²) in [5, 5.41) is 2.78. The summed E-state index contributed by atoms with van der Waals surface area (Å²) in [6.45, 7) is 3.09. The molecule has 0 bridgehead atoms. The quantitative estimate of drug-likeness (QED) is 0.577. The highest BCUT2D eigenvalue weighted by atomic mass is 32.2. The zero-order valence-corrected chi connectivity index (χ0v) is 19.1. The van der Waals surface area contributed by atoms with E-state index in [-0.39, 0.29) is 17.2 Å². The number of hydrogen-bond acceptors (Lipinski definition) is 6. The van der Waals surface area contributed by atoms with Gasteiger partial charge in [-0.2, -0.15) is 4.31 Å². The van der Waals surface area contributed by atoms with Crippen LogP contribution in [0, 0.1) is 0 Å². The summed E-state index contributed by atoms with van der Waals surface area (Å²) >= 11 is 0. The fourth-order valence-corrected chi connectivity index (χ4v) is 5.13. The van der Waals surface area contributed by atoms with Gasteiger partial charge in [-0.3, -0.25) is 4.79 Å². The van der Waals surface area contributed by atoms with Crippen LogP contribution in [0.3, 0.4) is 0 Å². The SMILES string of the molecule is CCOC(=O)c1ccc(NC(=O)CCc2cc(S(=O)(=O)N3CCCC3)ccc2OC)cc1. The third kappa shape index (κ3) is 5.66. The lowest BCUT2D eigenvalue weighted by Crippen LogP contribution is -2.28. The average molecular weight is 461 g/mol. The second-order valence-electron chi connectivity index (χ2n) is 7.43. The molecule has 9 heteroatoms. The first-order valence-electron chi connectivity index (χ1n) is 10.6. The van der Waals surface area contributed by atoms with Crippen molar-refractivity contribution in [2.45, 2.75) is 37.5 Å². The highest BCUT2D eigenvalue weighted by Gasteiger charge is 2.27. The molecular formula is C23H28N2O6S. The van der Waals surface area contributed by atoms with E-state index in [0.29, 0.717) is 48.7 Å². The molecule has 1 fully saturated rings. The second kappa shape index (κ2) is 10.6. The molecule has 0 unspecified atom stereocenters. The lowest BCUT2D eigenvalue weighted by atomic mass is 10.1. The predicted molar refractivity (Wildman–Crippen MR) is 120 cm³/mol. The Hall–Kier alpha value is -2.91. The molecule has 2 aromatic carbocycles. The summed E-state index contributed by atoms with van der Waals surface area (Å²) in [5.41, 5.74) is 1.62. The number of nitrogens with zero attached hydrogens (tertiary/aromatic N) is 1. The Balaban J connectivity index is 1.65. The smallest absolute Gasteiger partial charge is 0.338 e. The van der Waals surface area contributed by atoms with E-state index >= 15 is 0 Å². The molecule has 1 amide bonds. The highest BCUT2D eigenvalue weighted by molar-refractivity contribution is 7.89. The Morgan fingerprint density at radius 2 is 1.75 bits per heavy atom. The minimum absolute atomic E-state index is 0.142. The van der Waals surface area contributed by atoms with Crippen LogP contribution >= 0.6 is 0 Å². The molecule has 0 aliphatic carbocycles. The van der Waals surface area contributed by atoms with Gasteiger partial charge < -0.3 is 14.8 Å². The van der Waals surface area contributed by atoms with Crippen molar-refractivity contribution >= 4 is 27.6 Å². The fraction of sp³-hybridized carbons (Fsp3) is 0.391. The highest BCUT2D eigenvalue weighted by Crippen LogP contribution is 2.27. The number of ether oxygens (including phenoxy) is 2. The molecule has 0 spiro atoms. The Labute approximate surface area is 188 Å². The van der Waals surface area contributed by atoms with Crippen molar-refractivity contribution in [3.05, 3.63) is 53.6 Å². The van der Waals surface area contributed by atoms with E-state index in [2.05, 4.69) is 5.32 Å². The van der Waals surface area contributed by atoms with Gasteiger partial charge in [0.2, 0.25) is 15.9 Å². The van der Waals surface area contributed by atoms with Gasteiger partial charge in [-0.25, -0.2) is 13.2 Å². The second-order valence-corrected chi connectivity index (χ2v) is 9.37. The maximum atomic E-state index is 12.9. The van der Waals surface area contributed by atoms with Crippen LogP contribution in [0.1, 0.15) is 42.1 Å². The molecule has 1 heterocycles. The van der Waals surface area contributed by atoms with Crippen LogP contribution < -0.4 is 10.1 Å². The van der Waals surface area contributed by atoms with Crippen molar-refractivity contribution < 1.29 is 27.5 Å². The number of sulfonamides is 1. The Morgan fingerprint density at radius 1 is 1.06 bits per heavy atom. The number of benzene rings is 2. The maximum Gasteiger partial charge on any atom is 0.338 e. The van der Waals surface area contributed by atoms with Crippen molar-refractivity contribution in [2.24, 2.45) is 0 Å². The van der Waals surface area contributed by atoms with Gasteiger partial charge in [0, 0.05) is 25.2 Å². The monoisotopic (exact) mass is 460 g/mol. The first-order valence-corrected chi connectivity index (χ1v) is 12.0. The number of carbonyl (C=O) groups is 2. The van der Waals surface area contributed by atoms with Crippen molar-refractivity contribution in [3.63, 3.8) is 0 Å². The number of hydrogen-bond donors (Lipinski definition) is 1. The van der Waals surface area contributed by atoms with E-state index in [1.165, 1.54) is 11.4 Å². The Bertz CT molecular complexity index is 1060. The number of aryl methyl sites for hydroxylation is 1. The van der Waals surface area contributed by atoms with Gasteiger partial charge in [0.25, 0.3) is 0 Å².